The van der Waals surface area contributed by atoms with Gasteiger partial charge in [-0.3, -0.25) is 14.8 Å². The smallest absolute Gasteiger partial charge is 0.222 e. The average Bonchev–Trinajstić information content (AvgIpc) is 3.32. The molecule has 2 aliphatic rings. The number of guanidine groups is 1. The SMILES string of the molecule is CN=C(NCc1ncccc1C)N1CC(CCN2CCCC2=O)c2ccccc21.I. The Kier molecular flexibility index (Phi) is 7.69. The summed E-state index contributed by atoms with van der Waals surface area (Å²) in [5.41, 5.74) is 4.75. The van der Waals surface area contributed by atoms with Gasteiger partial charge in [0, 0.05) is 50.9 Å². The van der Waals surface area contributed by atoms with Gasteiger partial charge < -0.3 is 15.1 Å². The van der Waals surface area contributed by atoms with E-state index in [1.807, 2.05) is 24.2 Å². The molecule has 0 spiro atoms. The highest BCUT2D eigenvalue weighted by atomic mass is 127. The minimum atomic E-state index is 0. The fraction of sp³-hybridized carbons (Fsp3) is 0.435. The van der Waals surface area contributed by atoms with Crippen LogP contribution in [0.5, 0.6) is 0 Å². The molecule has 7 heteroatoms. The Labute approximate surface area is 195 Å². The second kappa shape index (κ2) is 10.2. The minimum absolute atomic E-state index is 0. The predicted molar refractivity (Wildman–Crippen MR) is 132 cm³/mol. The number of carbonyl (C=O) groups is 1. The number of aromatic nitrogens is 1. The van der Waals surface area contributed by atoms with Gasteiger partial charge in [0.05, 0.1) is 12.2 Å². The van der Waals surface area contributed by atoms with Gasteiger partial charge in [-0.05, 0) is 43.0 Å². The van der Waals surface area contributed by atoms with Gasteiger partial charge in [-0.25, -0.2) is 0 Å². The molecule has 1 atom stereocenters. The van der Waals surface area contributed by atoms with Gasteiger partial charge in [0.1, 0.15) is 0 Å². The maximum atomic E-state index is 12.0. The molecule has 6 nitrogen and oxygen atoms in total. The maximum absolute atomic E-state index is 12.0. The zero-order chi connectivity index (χ0) is 20.2. The Balaban J connectivity index is 0.00000256. The molecular formula is C23H30IN5O. The Bertz CT molecular complexity index is 916. The van der Waals surface area contributed by atoms with Gasteiger partial charge in [0.2, 0.25) is 5.91 Å². The second-order valence-corrected chi connectivity index (χ2v) is 7.81. The van der Waals surface area contributed by atoms with E-state index in [9.17, 15) is 4.79 Å². The lowest BCUT2D eigenvalue weighted by molar-refractivity contribution is -0.127. The molecule has 0 saturated carbocycles. The molecular weight excluding hydrogens is 489 g/mol. The van der Waals surface area contributed by atoms with Crippen LogP contribution in [0.2, 0.25) is 0 Å². The van der Waals surface area contributed by atoms with E-state index in [4.69, 9.17) is 0 Å². The summed E-state index contributed by atoms with van der Waals surface area (Å²) in [6.45, 7) is 5.34. The molecule has 0 radical (unpaired) electrons. The summed E-state index contributed by atoms with van der Waals surface area (Å²) in [7, 11) is 1.83. The fourth-order valence-electron chi connectivity index (χ4n) is 4.36. The number of aryl methyl sites for hydroxylation is 1. The molecule has 1 aromatic carbocycles. The molecule has 2 aromatic rings. The normalized spacial score (nSPS) is 18.4. The van der Waals surface area contributed by atoms with E-state index >= 15 is 0 Å². The number of nitrogens with zero attached hydrogens (tertiary/aromatic N) is 4. The number of hydrogen-bond acceptors (Lipinski definition) is 3. The number of para-hydroxylation sites is 1. The van der Waals surface area contributed by atoms with Crippen molar-refractivity contribution in [1.82, 2.24) is 15.2 Å². The van der Waals surface area contributed by atoms with Crippen LogP contribution in [0.1, 0.15) is 42.0 Å². The molecule has 2 aliphatic heterocycles. The van der Waals surface area contributed by atoms with Crippen LogP contribution in [-0.2, 0) is 11.3 Å². The predicted octanol–water partition coefficient (Wildman–Crippen LogP) is 3.70. The lowest BCUT2D eigenvalue weighted by Gasteiger charge is -2.23. The Morgan fingerprint density at radius 3 is 2.83 bits per heavy atom. The van der Waals surface area contributed by atoms with Crippen molar-refractivity contribution in [1.29, 1.82) is 0 Å². The number of hydrogen-bond donors (Lipinski definition) is 1. The number of pyridine rings is 1. The standard InChI is InChI=1S/C23H29N5O.HI/c1-17-7-5-12-25-20(17)15-26-23(24-2)28-16-18(19-8-3-4-9-21(19)28)11-14-27-13-6-10-22(27)29;/h3-5,7-9,12,18H,6,10-11,13-16H2,1-2H3,(H,24,26);1H. The summed E-state index contributed by atoms with van der Waals surface area (Å²) in [6.07, 6.45) is 4.51. The summed E-state index contributed by atoms with van der Waals surface area (Å²) < 4.78 is 0. The molecule has 1 unspecified atom stereocenters. The Hall–Kier alpha value is -2.16. The number of rotatable bonds is 5. The maximum Gasteiger partial charge on any atom is 0.222 e. The van der Waals surface area contributed by atoms with Crippen LogP contribution in [0.25, 0.3) is 0 Å². The highest BCUT2D eigenvalue weighted by Gasteiger charge is 2.32. The van der Waals surface area contributed by atoms with E-state index in [0.29, 0.717) is 24.8 Å². The van der Waals surface area contributed by atoms with Crippen LogP contribution in [0.4, 0.5) is 5.69 Å². The summed E-state index contributed by atoms with van der Waals surface area (Å²) in [5.74, 6) is 1.56. The third-order valence-electron chi connectivity index (χ3n) is 5.99. The molecule has 1 fully saturated rings. The largest absolute Gasteiger partial charge is 0.350 e. The summed E-state index contributed by atoms with van der Waals surface area (Å²) in [6, 6.07) is 12.6. The van der Waals surface area contributed by atoms with Crippen molar-refractivity contribution >= 4 is 41.5 Å². The fourth-order valence-corrected chi connectivity index (χ4v) is 4.36. The molecule has 160 valence electrons. The molecule has 0 aliphatic carbocycles. The van der Waals surface area contributed by atoms with E-state index in [0.717, 1.165) is 44.1 Å². The van der Waals surface area contributed by atoms with Crippen molar-refractivity contribution in [2.24, 2.45) is 4.99 Å². The first kappa shape index (κ1) is 22.5. The number of nitrogens with one attached hydrogen (secondary N) is 1. The second-order valence-electron chi connectivity index (χ2n) is 7.81. The number of amides is 1. The molecule has 1 aromatic heterocycles. The Morgan fingerprint density at radius 2 is 2.10 bits per heavy atom. The van der Waals surface area contributed by atoms with Gasteiger partial charge in [-0.2, -0.15) is 0 Å². The van der Waals surface area contributed by atoms with Crippen LogP contribution >= 0.6 is 24.0 Å². The summed E-state index contributed by atoms with van der Waals surface area (Å²) >= 11 is 0. The molecule has 1 amide bonds. The monoisotopic (exact) mass is 519 g/mol. The summed E-state index contributed by atoms with van der Waals surface area (Å²) in [4.78, 5) is 25.3. The van der Waals surface area contributed by atoms with E-state index in [-0.39, 0.29) is 24.0 Å². The van der Waals surface area contributed by atoms with E-state index in [1.54, 1.807) is 0 Å². The summed E-state index contributed by atoms with van der Waals surface area (Å²) in [5, 5.41) is 3.48. The first-order valence-electron chi connectivity index (χ1n) is 10.4. The minimum Gasteiger partial charge on any atom is -0.350 e. The van der Waals surface area contributed by atoms with Crippen molar-refractivity contribution in [3.8, 4) is 0 Å². The van der Waals surface area contributed by atoms with Gasteiger partial charge in [-0.1, -0.05) is 24.3 Å². The van der Waals surface area contributed by atoms with Gasteiger partial charge in [-0.15, -0.1) is 24.0 Å². The van der Waals surface area contributed by atoms with E-state index < -0.39 is 0 Å². The first-order chi connectivity index (χ1) is 14.2. The van der Waals surface area contributed by atoms with E-state index in [1.165, 1.54) is 16.8 Å². The third-order valence-corrected chi connectivity index (χ3v) is 5.99. The van der Waals surface area contributed by atoms with Crippen molar-refractivity contribution in [3.05, 3.63) is 59.4 Å². The number of aliphatic imine (C=N–C) groups is 1. The highest BCUT2D eigenvalue weighted by molar-refractivity contribution is 14.0. The van der Waals surface area contributed by atoms with Gasteiger partial charge in [0.25, 0.3) is 0 Å². The van der Waals surface area contributed by atoms with Crippen molar-refractivity contribution < 1.29 is 4.79 Å². The van der Waals surface area contributed by atoms with Crippen LogP contribution in [0.3, 0.4) is 0 Å². The first-order valence-corrected chi connectivity index (χ1v) is 10.4. The molecule has 4 rings (SSSR count). The van der Waals surface area contributed by atoms with Gasteiger partial charge in [0.15, 0.2) is 5.96 Å². The van der Waals surface area contributed by atoms with Gasteiger partial charge >= 0.3 is 0 Å². The van der Waals surface area contributed by atoms with Crippen molar-refractivity contribution in [3.63, 3.8) is 0 Å². The highest BCUT2D eigenvalue weighted by Crippen LogP contribution is 2.38. The molecule has 0 bridgehead atoms. The number of benzene rings is 1. The Morgan fingerprint density at radius 1 is 1.27 bits per heavy atom. The quantitative estimate of drug-likeness (QED) is 0.372. The van der Waals surface area contributed by atoms with Crippen LogP contribution in [0, 0.1) is 6.92 Å². The van der Waals surface area contributed by atoms with Crippen LogP contribution in [-0.4, -0.2) is 48.4 Å². The average molecular weight is 519 g/mol. The molecule has 1 saturated heterocycles. The number of halogens is 1. The molecule has 3 heterocycles. The molecule has 30 heavy (non-hydrogen) atoms. The third kappa shape index (κ3) is 4.77. The van der Waals surface area contributed by atoms with Crippen molar-refractivity contribution in [2.45, 2.75) is 38.6 Å². The lowest BCUT2D eigenvalue weighted by atomic mass is 9.98. The van der Waals surface area contributed by atoms with Crippen LogP contribution < -0.4 is 10.2 Å². The number of carbonyl (C=O) groups excluding carboxylic acids is 1. The molecule has 1 N–H and O–H groups in total. The lowest BCUT2D eigenvalue weighted by Crippen LogP contribution is -2.41. The number of anilines is 1. The topological polar surface area (TPSA) is 60.8 Å². The zero-order valence-corrected chi connectivity index (χ0v) is 20.0. The number of fused-ring (bicyclic) bond motifs is 1. The number of likely N-dealkylation sites (tertiary alicyclic amines) is 1. The zero-order valence-electron chi connectivity index (χ0n) is 17.7. The van der Waals surface area contributed by atoms with Crippen molar-refractivity contribution in [2.75, 3.05) is 31.6 Å². The van der Waals surface area contributed by atoms with E-state index in [2.05, 4.69) is 57.4 Å². The van der Waals surface area contributed by atoms with Crippen LogP contribution in [0.15, 0.2) is 47.6 Å².